The Kier molecular flexibility index (Phi) is 5.10. The third-order valence-electron chi connectivity index (χ3n) is 3.21. The number of aromatic nitrogens is 2. The molecular weight excluding hydrogens is 240 g/mol. The molecule has 1 aromatic heterocycles. The topological polar surface area (TPSA) is 64.3 Å². The van der Waals surface area contributed by atoms with E-state index in [0.717, 1.165) is 43.6 Å². The number of hydrogen-bond donors (Lipinski definition) is 1. The van der Waals surface area contributed by atoms with Crippen LogP contribution in [-0.4, -0.2) is 42.8 Å². The summed E-state index contributed by atoms with van der Waals surface area (Å²) in [5.41, 5.74) is 6.83. The van der Waals surface area contributed by atoms with Gasteiger partial charge in [-0.3, -0.25) is 0 Å². The zero-order valence-electron chi connectivity index (χ0n) is 11.9. The first kappa shape index (κ1) is 14.2. The molecule has 1 atom stereocenters. The summed E-state index contributed by atoms with van der Waals surface area (Å²) in [5.74, 6) is 1.56. The second-order valence-electron chi connectivity index (χ2n) is 5.51. The highest BCUT2D eigenvalue weighted by Crippen LogP contribution is 2.28. The van der Waals surface area contributed by atoms with E-state index in [4.69, 9.17) is 10.5 Å². The summed E-state index contributed by atoms with van der Waals surface area (Å²) in [4.78, 5) is 10.7. The number of likely N-dealkylation sites (N-methyl/N-ethyl adjacent to an activating group) is 1. The first-order chi connectivity index (χ1) is 9.15. The molecule has 0 bridgehead atoms. The molecule has 0 spiro atoms. The Labute approximate surface area is 115 Å². The number of ether oxygens (including phenoxy) is 1. The lowest BCUT2D eigenvalue weighted by Gasteiger charge is -2.17. The predicted octanol–water partition coefficient (Wildman–Crippen LogP) is 1.23. The molecule has 1 heterocycles. The number of hydrogen-bond acceptors (Lipinski definition) is 5. The lowest BCUT2D eigenvalue weighted by molar-refractivity contribution is 0.130. The maximum Gasteiger partial charge on any atom is 0.225 e. The van der Waals surface area contributed by atoms with Crippen LogP contribution in [-0.2, 0) is 11.2 Å². The van der Waals surface area contributed by atoms with Crippen LogP contribution in [0.15, 0.2) is 12.4 Å². The maximum absolute atomic E-state index is 5.75. The van der Waals surface area contributed by atoms with Gasteiger partial charge in [0.25, 0.3) is 0 Å². The van der Waals surface area contributed by atoms with Crippen LogP contribution in [0.3, 0.4) is 0 Å². The lowest BCUT2D eigenvalue weighted by atomic mass is 10.1. The molecule has 106 valence electrons. The normalized spacial score (nSPS) is 16.4. The third-order valence-corrected chi connectivity index (χ3v) is 3.21. The quantitative estimate of drug-likeness (QED) is 0.715. The Morgan fingerprint density at radius 1 is 1.42 bits per heavy atom. The summed E-state index contributed by atoms with van der Waals surface area (Å²) in [5, 5.41) is 0. The van der Waals surface area contributed by atoms with Crippen molar-refractivity contribution >= 4 is 5.95 Å². The second-order valence-corrected chi connectivity index (χ2v) is 5.51. The summed E-state index contributed by atoms with van der Waals surface area (Å²) >= 11 is 0. The number of nitrogens with zero attached hydrogens (tertiary/aromatic N) is 3. The number of rotatable bonds is 8. The van der Waals surface area contributed by atoms with E-state index in [1.54, 1.807) is 0 Å². The van der Waals surface area contributed by atoms with Crippen LogP contribution in [0.1, 0.15) is 25.3 Å². The van der Waals surface area contributed by atoms with E-state index < -0.39 is 0 Å². The van der Waals surface area contributed by atoms with Gasteiger partial charge < -0.3 is 15.4 Å². The van der Waals surface area contributed by atoms with Gasteiger partial charge in [0.05, 0.1) is 6.61 Å². The minimum atomic E-state index is 0.142. The summed E-state index contributed by atoms with van der Waals surface area (Å²) in [6.07, 6.45) is 7.19. The van der Waals surface area contributed by atoms with Gasteiger partial charge in [-0.1, -0.05) is 0 Å². The minimum Gasteiger partial charge on any atom is -0.379 e. The van der Waals surface area contributed by atoms with Crippen LogP contribution in [0.5, 0.6) is 0 Å². The average Bonchev–Trinajstić information content (AvgIpc) is 3.18. The average molecular weight is 264 g/mol. The predicted molar refractivity (Wildman–Crippen MR) is 76.2 cm³/mol. The number of anilines is 1. The largest absolute Gasteiger partial charge is 0.379 e. The highest BCUT2D eigenvalue weighted by atomic mass is 16.5. The summed E-state index contributed by atoms with van der Waals surface area (Å²) in [7, 11) is 1.99. The SMILES string of the molecule is CC(N)Cc1cnc(N(C)CCOCC2CC2)nc1. The van der Waals surface area contributed by atoms with Crippen LogP contribution in [0.25, 0.3) is 0 Å². The van der Waals surface area contributed by atoms with Gasteiger partial charge in [-0.15, -0.1) is 0 Å². The van der Waals surface area contributed by atoms with Crippen LogP contribution >= 0.6 is 0 Å². The highest BCUT2D eigenvalue weighted by Gasteiger charge is 2.21. The molecule has 0 saturated heterocycles. The molecular formula is C14H24N4O. The van der Waals surface area contributed by atoms with Crippen molar-refractivity contribution in [2.45, 2.75) is 32.2 Å². The molecule has 0 aromatic carbocycles. The van der Waals surface area contributed by atoms with Gasteiger partial charge in [0, 0.05) is 38.6 Å². The Morgan fingerprint density at radius 3 is 2.68 bits per heavy atom. The van der Waals surface area contributed by atoms with Gasteiger partial charge in [-0.2, -0.15) is 0 Å². The first-order valence-electron chi connectivity index (χ1n) is 7.00. The van der Waals surface area contributed by atoms with Crippen molar-refractivity contribution in [3.05, 3.63) is 18.0 Å². The molecule has 19 heavy (non-hydrogen) atoms. The highest BCUT2D eigenvalue weighted by molar-refractivity contribution is 5.28. The third kappa shape index (κ3) is 5.12. The molecule has 2 N–H and O–H groups in total. The lowest BCUT2D eigenvalue weighted by Crippen LogP contribution is -2.25. The Balaban J connectivity index is 1.72. The van der Waals surface area contributed by atoms with E-state index >= 15 is 0 Å². The van der Waals surface area contributed by atoms with Crippen LogP contribution < -0.4 is 10.6 Å². The second kappa shape index (κ2) is 6.82. The molecule has 1 saturated carbocycles. The minimum absolute atomic E-state index is 0.142. The van der Waals surface area contributed by atoms with Crippen molar-refractivity contribution in [1.82, 2.24) is 9.97 Å². The van der Waals surface area contributed by atoms with Gasteiger partial charge in [-0.25, -0.2) is 9.97 Å². The number of nitrogens with two attached hydrogens (primary N) is 1. The van der Waals surface area contributed by atoms with Crippen molar-refractivity contribution < 1.29 is 4.74 Å². The Morgan fingerprint density at radius 2 is 2.11 bits per heavy atom. The van der Waals surface area contributed by atoms with E-state index in [1.807, 2.05) is 31.3 Å². The van der Waals surface area contributed by atoms with Gasteiger partial charge in [-0.05, 0) is 37.7 Å². The molecule has 2 rings (SSSR count). The van der Waals surface area contributed by atoms with E-state index in [1.165, 1.54) is 12.8 Å². The van der Waals surface area contributed by atoms with Crippen molar-refractivity contribution in [3.63, 3.8) is 0 Å². The molecule has 5 heteroatoms. The monoisotopic (exact) mass is 264 g/mol. The fourth-order valence-corrected chi connectivity index (χ4v) is 1.86. The zero-order valence-corrected chi connectivity index (χ0v) is 11.9. The van der Waals surface area contributed by atoms with E-state index in [9.17, 15) is 0 Å². The molecule has 1 aliphatic rings. The fourth-order valence-electron chi connectivity index (χ4n) is 1.86. The van der Waals surface area contributed by atoms with Crippen molar-refractivity contribution in [2.75, 3.05) is 31.7 Å². The molecule has 1 aliphatic carbocycles. The van der Waals surface area contributed by atoms with Gasteiger partial charge >= 0.3 is 0 Å². The molecule has 5 nitrogen and oxygen atoms in total. The van der Waals surface area contributed by atoms with Crippen molar-refractivity contribution in [2.24, 2.45) is 11.7 Å². The molecule has 0 amide bonds. The van der Waals surface area contributed by atoms with Crippen molar-refractivity contribution in [1.29, 1.82) is 0 Å². The van der Waals surface area contributed by atoms with Crippen molar-refractivity contribution in [3.8, 4) is 0 Å². The van der Waals surface area contributed by atoms with Crippen LogP contribution in [0, 0.1) is 5.92 Å². The Hall–Kier alpha value is -1.20. The standard InChI is InChI=1S/C14H24N4O/c1-11(15)7-13-8-16-14(17-9-13)18(2)5-6-19-10-12-3-4-12/h8-9,11-12H,3-7,10,15H2,1-2H3. The molecule has 1 fully saturated rings. The Bertz CT molecular complexity index is 376. The zero-order chi connectivity index (χ0) is 13.7. The van der Waals surface area contributed by atoms with E-state index in [2.05, 4.69) is 9.97 Å². The molecule has 0 aliphatic heterocycles. The van der Waals surface area contributed by atoms with Gasteiger partial charge in [0.1, 0.15) is 0 Å². The smallest absolute Gasteiger partial charge is 0.225 e. The van der Waals surface area contributed by atoms with E-state index in [-0.39, 0.29) is 6.04 Å². The molecule has 1 unspecified atom stereocenters. The van der Waals surface area contributed by atoms with E-state index in [0.29, 0.717) is 0 Å². The summed E-state index contributed by atoms with van der Waals surface area (Å²) in [6.45, 7) is 4.44. The maximum atomic E-state index is 5.75. The first-order valence-corrected chi connectivity index (χ1v) is 7.00. The van der Waals surface area contributed by atoms with Gasteiger partial charge in [0.15, 0.2) is 0 Å². The molecule has 1 aromatic rings. The van der Waals surface area contributed by atoms with Crippen LogP contribution in [0.2, 0.25) is 0 Å². The van der Waals surface area contributed by atoms with Crippen LogP contribution in [0.4, 0.5) is 5.95 Å². The summed E-state index contributed by atoms with van der Waals surface area (Å²) < 4.78 is 5.61. The fraction of sp³-hybridized carbons (Fsp3) is 0.714. The summed E-state index contributed by atoms with van der Waals surface area (Å²) in [6, 6.07) is 0.142. The molecule has 0 radical (unpaired) electrons. The van der Waals surface area contributed by atoms with Gasteiger partial charge in [0.2, 0.25) is 5.95 Å².